The molecule has 0 aliphatic carbocycles. The van der Waals surface area contributed by atoms with Crippen LogP contribution in [-0.2, 0) is 13.1 Å². The number of piperidine rings is 1. The highest BCUT2D eigenvalue weighted by atomic mass is 15.1. The van der Waals surface area contributed by atoms with Crippen LogP contribution >= 0.6 is 0 Å². The summed E-state index contributed by atoms with van der Waals surface area (Å²) < 4.78 is 0. The molecule has 0 spiro atoms. The monoisotopic (exact) mass is 261 g/mol. The third kappa shape index (κ3) is 4.60. The molecule has 1 saturated heterocycles. The highest BCUT2D eigenvalue weighted by Gasteiger charge is 2.16. The summed E-state index contributed by atoms with van der Waals surface area (Å²) in [5.41, 5.74) is 2.88. The Kier molecular flexibility index (Phi) is 5.37. The standard InChI is InChI=1S/C16H27N3/c1-18(2)13-15-7-5-4-6-14(15)12-17-16-8-10-19(3)11-9-16/h4-7,16-17H,8-13H2,1-3H3. The van der Waals surface area contributed by atoms with Gasteiger partial charge in [0.05, 0.1) is 0 Å². The van der Waals surface area contributed by atoms with Gasteiger partial charge in [0.2, 0.25) is 0 Å². The molecule has 1 aliphatic heterocycles. The van der Waals surface area contributed by atoms with Gasteiger partial charge in [-0.2, -0.15) is 0 Å². The molecule has 0 bridgehead atoms. The zero-order chi connectivity index (χ0) is 13.7. The fourth-order valence-electron chi connectivity index (χ4n) is 2.69. The average molecular weight is 261 g/mol. The SMILES string of the molecule is CN(C)Cc1ccccc1CNC1CCN(C)CC1. The summed E-state index contributed by atoms with van der Waals surface area (Å²) in [4.78, 5) is 4.65. The van der Waals surface area contributed by atoms with Gasteiger partial charge in [0.25, 0.3) is 0 Å². The molecular formula is C16H27N3. The largest absolute Gasteiger partial charge is 0.310 e. The van der Waals surface area contributed by atoms with E-state index in [2.05, 4.69) is 60.5 Å². The maximum absolute atomic E-state index is 3.73. The molecule has 0 unspecified atom stereocenters. The van der Waals surface area contributed by atoms with E-state index in [1.807, 2.05) is 0 Å². The summed E-state index contributed by atoms with van der Waals surface area (Å²) in [6, 6.07) is 9.46. The molecular weight excluding hydrogens is 234 g/mol. The second kappa shape index (κ2) is 7.04. The fourth-order valence-corrected chi connectivity index (χ4v) is 2.69. The highest BCUT2D eigenvalue weighted by molar-refractivity contribution is 5.27. The van der Waals surface area contributed by atoms with Crippen molar-refractivity contribution in [3.8, 4) is 0 Å². The molecule has 1 aliphatic rings. The Morgan fingerprint density at radius 1 is 1.16 bits per heavy atom. The first kappa shape index (κ1) is 14.5. The van der Waals surface area contributed by atoms with Crippen molar-refractivity contribution in [2.75, 3.05) is 34.2 Å². The van der Waals surface area contributed by atoms with Gasteiger partial charge < -0.3 is 15.1 Å². The lowest BCUT2D eigenvalue weighted by Gasteiger charge is -2.30. The van der Waals surface area contributed by atoms with Gasteiger partial charge in [-0.25, -0.2) is 0 Å². The zero-order valence-corrected chi connectivity index (χ0v) is 12.5. The van der Waals surface area contributed by atoms with E-state index in [0.717, 1.165) is 13.1 Å². The Morgan fingerprint density at radius 3 is 2.42 bits per heavy atom. The summed E-state index contributed by atoms with van der Waals surface area (Å²) in [5, 5.41) is 3.73. The van der Waals surface area contributed by atoms with Gasteiger partial charge in [-0.05, 0) is 58.2 Å². The molecule has 106 valence electrons. The molecule has 19 heavy (non-hydrogen) atoms. The molecule has 2 rings (SSSR count). The van der Waals surface area contributed by atoms with E-state index in [1.165, 1.54) is 37.1 Å². The lowest BCUT2D eigenvalue weighted by atomic mass is 10.0. The van der Waals surface area contributed by atoms with Gasteiger partial charge in [-0.1, -0.05) is 24.3 Å². The third-order valence-electron chi connectivity index (χ3n) is 3.90. The van der Waals surface area contributed by atoms with Crippen LogP contribution in [0.3, 0.4) is 0 Å². The third-order valence-corrected chi connectivity index (χ3v) is 3.90. The van der Waals surface area contributed by atoms with Crippen LogP contribution in [0.25, 0.3) is 0 Å². The van der Waals surface area contributed by atoms with Crippen molar-refractivity contribution in [2.45, 2.75) is 32.0 Å². The van der Waals surface area contributed by atoms with Crippen molar-refractivity contribution < 1.29 is 0 Å². The molecule has 0 saturated carbocycles. The van der Waals surface area contributed by atoms with Gasteiger partial charge in [-0.15, -0.1) is 0 Å². The maximum atomic E-state index is 3.73. The molecule has 3 heteroatoms. The van der Waals surface area contributed by atoms with Crippen molar-refractivity contribution >= 4 is 0 Å². The Hall–Kier alpha value is -0.900. The minimum atomic E-state index is 0.684. The lowest BCUT2D eigenvalue weighted by Crippen LogP contribution is -2.40. The number of hydrogen-bond donors (Lipinski definition) is 1. The first-order valence-electron chi connectivity index (χ1n) is 7.28. The van der Waals surface area contributed by atoms with E-state index in [1.54, 1.807) is 0 Å². The molecule has 1 N–H and O–H groups in total. The van der Waals surface area contributed by atoms with E-state index in [9.17, 15) is 0 Å². The smallest absolute Gasteiger partial charge is 0.0230 e. The average Bonchev–Trinajstić information content (AvgIpc) is 2.39. The van der Waals surface area contributed by atoms with Gasteiger partial charge in [-0.3, -0.25) is 0 Å². The van der Waals surface area contributed by atoms with Crippen LogP contribution in [-0.4, -0.2) is 50.1 Å². The van der Waals surface area contributed by atoms with Gasteiger partial charge in [0, 0.05) is 19.1 Å². The second-order valence-corrected chi connectivity index (χ2v) is 5.96. The first-order valence-corrected chi connectivity index (χ1v) is 7.28. The van der Waals surface area contributed by atoms with E-state index in [0.29, 0.717) is 6.04 Å². The van der Waals surface area contributed by atoms with Crippen LogP contribution in [0, 0.1) is 0 Å². The number of hydrogen-bond acceptors (Lipinski definition) is 3. The zero-order valence-electron chi connectivity index (χ0n) is 12.5. The van der Waals surface area contributed by atoms with Crippen LogP contribution in [0.1, 0.15) is 24.0 Å². The van der Waals surface area contributed by atoms with Crippen molar-refractivity contribution in [3.63, 3.8) is 0 Å². The maximum Gasteiger partial charge on any atom is 0.0230 e. The Bertz CT molecular complexity index is 381. The molecule has 0 aromatic heterocycles. The van der Waals surface area contributed by atoms with E-state index < -0.39 is 0 Å². The second-order valence-electron chi connectivity index (χ2n) is 5.96. The Balaban J connectivity index is 1.88. The summed E-state index contributed by atoms with van der Waals surface area (Å²) in [5.74, 6) is 0. The number of nitrogens with zero attached hydrogens (tertiary/aromatic N) is 2. The molecule has 0 radical (unpaired) electrons. The van der Waals surface area contributed by atoms with Crippen LogP contribution in [0.5, 0.6) is 0 Å². The summed E-state index contributed by atoms with van der Waals surface area (Å²) in [6.07, 6.45) is 2.54. The lowest BCUT2D eigenvalue weighted by molar-refractivity contribution is 0.234. The quantitative estimate of drug-likeness (QED) is 0.874. The minimum Gasteiger partial charge on any atom is -0.310 e. The Morgan fingerprint density at radius 2 is 1.79 bits per heavy atom. The molecule has 1 fully saturated rings. The highest BCUT2D eigenvalue weighted by Crippen LogP contribution is 2.13. The van der Waals surface area contributed by atoms with Gasteiger partial charge >= 0.3 is 0 Å². The van der Waals surface area contributed by atoms with Gasteiger partial charge in [0.1, 0.15) is 0 Å². The molecule has 3 nitrogen and oxygen atoms in total. The fraction of sp³-hybridized carbons (Fsp3) is 0.625. The predicted octanol–water partition coefficient (Wildman–Crippen LogP) is 1.93. The van der Waals surface area contributed by atoms with E-state index >= 15 is 0 Å². The minimum absolute atomic E-state index is 0.684. The van der Waals surface area contributed by atoms with Crippen molar-refractivity contribution in [2.24, 2.45) is 0 Å². The summed E-state index contributed by atoms with van der Waals surface area (Å²) >= 11 is 0. The van der Waals surface area contributed by atoms with E-state index in [-0.39, 0.29) is 0 Å². The molecule has 1 aromatic rings. The number of benzene rings is 1. The Labute approximate surface area is 117 Å². The predicted molar refractivity (Wildman–Crippen MR) is 81.2 cm³/mol. The van der Waals surface area contributed by atoms with Crippen molar-refractivity contribution in [1.29, 1.82) is 0 Å². The number of likely N-dealkylation sites (tertiary alicyclic amines) is 1. The van der Waals surface area contributed by atoms with Crippen molar-refractivity contribution in [1.82, 2.24) is 15.1 Å². The van der Waals surface area contributed by atoms with Crippen LogP contribution in [0.15, 0.2) is 24.3 Å². The number of rotatable bonds is 5. The normalized spacial score (nSPS) is 18.1. The first-order chi connectivity index (χ1) is 9.15. The molecule has 0 amide bonds. The summed E-state index contributed by atoms with van der Waals surface area (Å²) in [6.45, 7) is 4.46. The van der Waals surface area contributed by atoms with E-state index in [4.69, 9.17) is 0 Å². The van der Waals surface area contributed by atoms with Gasteiger partial charge in [0.15, 0.2) is 0 Å². The summed E-state index contributed by atoms with van der Waals surface area (Å²) in [7, 11) is 6.46. The molecule has 0 atom stereocenters. The molecule has 1 aromatic carbocycles. The van der Waals surface area contributed by atoms with Crippen molar-refractivity contribution in [3.05, 3.63) is 35.4 Å². The van der Waals surface area contributed by atoms with Crippen LogP contribution in [0.2, 0.25) is 0 Å². The molecule has 1 heterocycles. The van der Waals surface area contributed by atoms with Crippen LogP contribution < -0.4 is 5.32 Å². The number of nitrogens with one attached hydrogen (secondary N) is 1. The topological polar surface area (TPSA) is 18.5 Å². The van der Waals surface area contributed by atoms with Crippen LogP contribution in [0.4, 0.5) is 0 Å².